The summed E-state index contributed by atoms with van der Waals surface area (Å²) in [6.45, 7) is -0.723. The van der Waals surface area contributed by atoms with E-state index in [-0.39, 0.29) is 27.9 Å². The smallest absolute Gasteiger partial charge is 0.387 e. The highest BCUT2D eigenvalue weighted by Gasteiger charge is 2.31. The molecule has 1 atom stereocenters. The van der Waals surface area contributed by atoms with E-state index in [0.29, 0.717) is 6.54 Å². The minimum Gasteiger partial charge on any atom is -0.433 e. The lowest BCUT2D eigenvalue weighted by molar-refractivity contribution is -0.0493. The Kier molecular flexibility index (Phi) is 6.49. The van der Waals surface area contributed by atoms with Crippen LogP contribution in [0.25, 0.3) is 0 Å². The van der Waals surface area contributed by atoms with Crippen molar-refractivity contribution in [1.82, 2.24) is 4.31 Å². The molecule has 0 saturated carbocycles. The summed E-state index contributed by atoms with van der Waals surface area (Å²) >= 11 is 0. The largest absolute Gasteiger partial charge is 0.433 e. The summed E-state index contributed by atoms with van der Waals surface area (Å²) in [6, 6.07) is 11.4. The number of nitrogens with zero attached hydrogens (tertiary/aromatic N) is 1. The molecule has 0 aromatic heterocycles. The Bertz CT molecular complexity index is 982. The fourth-order valence-corrected chi connectivity index (χ4v) is 5.07. The summed E-state index contributed by atoms with van der Waals surface area (Å²) in [4.78, 5) is 12.6. The Morgan fingerprint density at radius 2 is 1.93 bits per heavy atom. The molecule has 1 heterocycles. The first-order chi connectivity index (χ1) is 13.8. The summed E-state index contributed by atoms with van der Waals surface area (Å²) in [7, 11) is -3.73. The van der Waals surface area contributed by atoms with Gasteiger partial charge in [0.2, 0.25) is 10.0 Å². The van der Waals surface area contributed by atoms with E-state index < -0.39 is 22.5 Å². The first-order valence-electron chi connectivity index (χ1n) is 9.26. The SMILES string of the molecule is CC1CCCCN1S(=O)(=O)c1cccc(C(=O)Nc2ccccc2OC(F)F)c1. The molecule has 1 saturated heterocycles. The van der Waals surface area contributed by atoms with Crippen LogP contribution in [0.4, 0.5) is 14.5 Å². The number of halogens is 2. The van der Waals surface area contributed by atoms with Crippen LogP contribution in [-0.4, -0.2) is 37.8 Å². The number of piperidine rings is 1. The van der Waals surface area contributed by atoms with Crippen LogP contribution >= 0.6 is 0 Å². The van der Waals surface area contributed by atoms with Gasteiger partial charge in [-0.25, -0.2) is 8.42 Å². The van der Waals surface area contributed by atoms with Crippen molar-refractivity contribution in [3.05, 3.63) is 54.1 Å². The third kappa shape index (κ3) is 4.91. The van der Waals surface area contributed by atoms with Gasteiger partial charge in [-0.05, 0) is 50.1 Å². The minimum absolute atomic E-state index is 0.0241. The number of rotatable bonds is 6. The number of ether oxygens (including phenoxy) is 1. The number of para-hydroxylation sites is 2. The van der Waals surface area contributed by atoms with Gasteiger partial charge in [-0.15, -0.1) is 0 Å². The molecule has 1 amide bonds. The number of hydrogen-bond acceptors (Lipinski definition) is 4. The molecule has 6 nitrogen and oxygen atoms in total. The Labute approximate surface area is 168 Å². The Morgan fingerprint density at radius 3 is 2.66 bits per heavy atom. The number of carbonyl (C=O) groups excluding carboxylic acids is 1. The van der Waals surface area contributed by atoms with Gasteiger partial charge in [0.1, 0.15) is 5.75 Å². The second kappa shape index (κ2) is 8.87. The molecule has 1 fully saturated rings. The summed E-state index contributed by atoms with van der Waals surface area (Å²) < 4.78 is 56.9. The van der Waals surface area contributed by atoms with E-state index in [1.807, 2.05) is 6.92 Å². The number of benzene rings is 2. The van der Waals surface area contributed by atoms with E-state index in [4.69, 9.17) is 0 Å². The lowest BCUT2D eigenvalue weighted by Gasteiger charge is -2.32. The van der Waals surface area contributed by atoms with Crippen LogP contribution in [0.3, 0.4) is 0 Å². The van der Waals surface area contributed by atoms with Gasteiger partial charge in [-0.2, -0.15) is 13.1 Å². The lowest BCUT2D eigenvalue weighted by Crippen LogP contribution is -2.41. The van der Waals surface area contributed by atoms with Crippen LogP contribution in [-0.2, 0) is 10.0 Å². The lowest BCUT2D eigenvalue weighted by atomic mass is 10.1. The normalized spacial score (nSPS) is 17.9. The molecular weight excluding hydrogens is 402 g/mol. The zero-order chi connectivity index (χ0) is 21.0. The van der Waals surface area contributed by atoms with E-state index in [1.54, 1.807) is 6.07 Å². The van der Waals surface area contributed by atoms with Crippen LogP contribution in [0.2, 0.25) is 0 Å². The maximum atomic E-state index is 13.0. The molecule has 0 bridgehead atoms. The quantitative estimate of drug-likeness (QED) is 0.758. The average molecular weight is 424 g/mol. The molecule has 1 unspecified atom stereocenters. The highest BCUT2D eigenvalue weighted by Crippen LogP contribution is 2.28. The Balaban J connectivity index is 1.84. The molecule has 9 heteroatoms. The first kappa shape index (κ1) is 21.2. The van der Waals surface area contributed by atoms with Crippen LogP contribution in [0.5, 0.6) is 5.75 Å². The van der Waals surface area contributed by atoms with E-state index in [2.05, 4.69) is 10.1 Å². The van der Waals surface area contributed by atoms with Crippen LogP contribution in [0.15, 0.2) is 53.4 Å². The van der Waals surface area contributed by atoms with Crippen molar-refractivity contribution >= 4 is 21.6 Å². The number of amides is 1. The number of nitrogens with one attached hydrogen (secondary N) is 1. The van der Waals surface area contributed by atoms with Crippen molar-refractivity contribution in [1.29, 1.82) is 0 Å². The number of alkyl halides is 2. The second-order valence-electron chi connectivity index (χ2n) is 6.82. The highest BCUT2D eigenvalue weighted by atomic mass is 32.2. The van der Waals surface area contributed by atoms with Gasteiger partial charge in [0.25, 0.3) is 5.91 Å². The van der Waals surface area contributed by atoms with E-state index in [9.17, 15) is 22.0 Å². The third-order valence-electron chi connectivity index (χ3n) is 4.80. The summed E-state index contributed by atoms with van der Waals surface area (Å²) in [5.41, 5.74) is 0.165. The topological polar surface area (TPSA) is 75.7 Å². The van der Waals surface area contributed by atoms with Gasteiger partial charge in [0.15, 0.2) is 0 Å². The number of sulfonamides is 1. The molecule has 1 N–H and O–H groups in total. The van der Waals surface area contributed by atoms with Crippen molar-refractivity contribution < 1.29 is 26.7 Å². The molecule has 3 rings (SSSR count). The van der Waals surface area contributed by atoms with E-state index in [1.165, 1.54) is 46.8 Å². The maximum absolute atomic E-state index is 13.0. The molecule has 29 heavy (non-hydrogen) atoms. The molecule has 0 spiro atoms. The monoisotopic (exact) mass is 424 g/mol. The Morgan fingerprint density at radius 1 is 1.17 bits per heavy atom. The zero-order valence-electron chi connectivity index (χ0n) is 15.8. The first-order valence-corrected chi connectivity index (χ1v) is 10.7. The molecule has 0 aliphatic carbocycles. The van der Waals surface area contributed by atoms with Gasteiger partial charge in [-0.1, -0.05) is 24.6 Å². The molecule has 2 aromatic carbocycles. The number of anilines is 1. The summed E-state index contributed by atoms with van der Waals surface area (Å²) in [5, 5.41) is 2.49. The standard InChI is InChI=1S/C20H22F2N2O4S/c1-14-7-4-5-12-24(14)29(26,27)16-9-6-8-15(13-16)19(25)23-17-10-2-3-11-18(17)28-20(21)22/h2-3,6,8-11,13-14,20H,4-5,7,12H2,1H3,(H,23,25). The fourth-order valence-electron chi connectivity index (χ4n) is 3.33. The van der Waals surface area contributed by atoms with Crippen molar-refractivity contribution in [3.8, 4) is 5.75 Å². The van der Waals surface area contributed by atoms with Gasteiger partial charge in [0.05, 0.1) is 10.6 Å². The third-order valence-corrected chi connectivity index (χ3v) is 6.81. The van der Waals surface area contributed by atoms with Crippen molar-refractivity contribution in [2.24, 2.45) is 0 Å². The van der Waals surface area contributed by atoms with Crippen LogP contribution in [0.1, 0.15) is 36.5 Å². The molecule has 2 aromatic rings. The van der Waals surface area contributed by atoms with Gasteiger partial charge >= 0.3 is 6.61 Å². The predicted octanol–water partition coefficient (Wildman–Crippen LogP) is 4.10. The van der Waals surface area contributed by atoms with Gasteiger partial charge in [0, 0.05) is 18.2 Å². The summed E-state index contributed by atoms with van der Waals surface area (Å²) in [5.74, 6) is -0.805. The van der Waals surface area contributed by atoms with Crippen molar-refractivity contribution in [2.75, 3.05) is 11.9 Å². The zero-order valence-corrected chi connectivity index (χ0v) is 16.7. The summed E-state index contributed by atoms with van der Waals surface area (Å²) in [6.07, 6.45) is 2.57. The number of carbonyl (C=O) groups is 1. The van der Waals surface area contributed by atoms with Crippen molar-refractivity contribution in [2.45, 2.75) is 43.7 Å². The fraction of sp³-hybridized carbons (Fsp3) is 0.350. The molecule has 0 radical (unpaired) electrons. The molecular formula is C20H22F2N2O4S. The van der Waals surface area contributed by atoms with Gasteiger partial charge < -0.3 is 10.1 Å². The average Bonchev–Trinajstić information content (AvgIpc) is 2.69. The van der Waals surface area contributed by atoms with Crippen LogP contribution < -0.4 is 10.1 Å². The van der Waals surface area contributed by atoms with Gasteiger partial charge in [-0.3, -0.25) is 4.79 Å². The predicted molar refractivity (Wildman–Crippen MR) is 105 cm³/mol. The molecule has 156 valence electrons. The molecule has 1 aliphatic rings. The number of hydrogen-bond donors (Lipinski definition) is 1. The minimum atomic E-state index is -3.73. The van der Waals surface area contributed by atoms with E-state index in [0.717, 1.165) is 19.3 Å². The second-order valence-corrected chi connectivity index (χ2v) is 8.71. The van der Waals surface area contributed by atoms with Crippen LogP contribution in [0, 0.1) is 0 Å². The van der Waals surface area contributed by atoms with E-state index >= 15 is 0 Å². The highest BCUT2D eigenvalue weighted by molar-refractivity contribution is 7.89. The van der Waals surface area contributed by atoms with Crippen molar-refractivity contribution in [3.63, 3.8) is 0 Å². The molecule has 1 aliphatic heterocycles. The maximum Gasteiger partial charge on any atom is 0.387 e. The Hall–Kier alpha value is -2.52.